The number of methoxy groups -OCH3 is 1. The number of benzene rings is 1. The zero-order chi connectivity index (χ0) is 12.8. The van der Waals surface area contributed by atoms with Crippen LogP contribution in [0.5, 0.6) is 5.75 Å². The van der Waals surface area contributed by atoms with Gasteiger partial charge in [-0.25, -0.2) is 0 Å². The highest BCUT2D eigenvalue weighted by molar-refractivity contribution is 6.18. The minimum Gasteiger partial charge on any atom is -0.496 e. The van der Waals surface area contributed by atoms with Crippen LogP contribution in [-0.4, -0.2) is 24.9 Å². The van der Waals surface area contributed by atoms with Gasteiger partial charge in [-0.1, -0.05) is 12.1 Å². The molecule has 1 amide bonds. The maximum atomic E-state index is 11.0. The number of aryl methyl sites for hydroxylation is 1. The molecular weight excluding hydrogens is 238 g/mol. The molecule has 4 heteroatoms. The molecule has 0 unspecified atom stereocenters. The van der Waals surface area contributed by atoms with Gasteiger partial charge in [0.2, 0.25) is 5.91 Å². The number of ether oxygens (including phenoxy) is 1. The Morgan fingerprint density at radius 1 is 1.53 bits per heavy atom. The molecule has 0 radical (unpaired) electrons. The monoisotopic (exact) mass is 255 g/mol. The van der Waals surface area contributed by atoms with Crippen LogP contribution in [0.25, 0.3) is 0 Å². The second-order valence-corrected chi connectivity index (χ2v) is 4.37. The Hall–Kier alpha value is -1.22. The van der Waals surface area contributed by atoms with E-state index in [1.165, 1.54) is 6.92 Å². The van der Waals surface area contributed by atoms with Crippen molar-refractivity contribution in [3.05, 3.63) is 29.3 Å². The summed E-state index contributed by atoms with van der Waals surface area (Å²) in [6.45, 7) is 3.50. The highest BCUT2D eigenvalue weighted by atomic mass is 35.5. The second kappa shape index (κ2) is 6.50. The third kappa shape index (κ3) is 4.27. The number of alkyl halides is 1. The van der Waals surface area contributed by atoms with Crippen LogP contribution >= 0.6 is 11.6 Å². The van der Waals surface area contributed by atoms with Crippen LogP contribution in [0.3, 0.4) is 0 Å². The molecule has 1 aromatic rings. The van der Waals surface area contributed by atoms with E-state index >= 15 is 0 Å². The number of amides is 1. The van der Waals surface area contributed by atoms with Crippen molar-refractivity contribution in [2.45, 2.75) is 26.3 Å². The summed E-state index contributed by atoms with van der Waals surface area (Å²) in [6, 6.07) is 5.96. The topological polar surface area (TPSA) is 38.3 Å². The zero-order valence-electron chi connectivity index (χ0n) is 10.4. The quantitative estimate of drug-likeness (QED) is 0.820. The Bertz CT molecular complexity index is 393. The molecule has 1 N–H and O–H groups in total. The Morgan fingerprint density at radius 3 is 2.71 bits per heavy atom. The van der Waals surface area contributed by atoms with Crippen molar-refractivity contribution in [1.29, 1.82) is 0 Å². The first-order valence-electron chi connectivity index (χ1n) is 5.53. The van der Waals surface area contributed by atoms with Gasteiger partial charge < -0.3 is 10.1 Å². The molecule has 0 aliphatic rings. The third-order valence-corrected chi connectivity index (χ3v) is 2.91. The lowest BCUT2D eigenvalue weighted by molar-refractivity contribution is -0.119. The van der Waals surface area contributed by atoms with Gasteiger partial charge in [0.15, 0.2) is 0 Å². The Balaban J connectivity index is 2.73. The van der Waals surface area contributed by atoms with Crippen LogP contribution in [0.1, 0.15) is 18.1 Å². The minimum absolute atomic E-state index is 0.0260. The normalized spacial score (nSPS) is 12.0. The van der Waals surface area contributed by atoms with Crippen molar-refractivity contribution in [3.63, 3.8) is 0 Å². The minimum atomic E-state index is -0.0547. The van der Waals surface area contributed by atoms with Crippen molar-refractivity contribution >= 4 is 17.5 Å². The smallest absolute Gasteiger partial charge is 0.217 e. The van der Waals surface area contributed by atoms with Crippen LogP contribution in [0.4, 0.5) is 0 Å². The lowest BCUT2D eigenvalue weighted by atomic mass is 10.0. The molecule has 0 fully saturated rings. The number of nitrogens with one attached hydrogen (secondary N) is 1. The van der Waals surface area contributed by atoms with Crippen molar-refractivity contribution in [2.24, 2.45) is 0 Å². The van der Waals surface area contributed by atoms with E-state index in [4.69, 9.17) is 16.3 Å². The summed E-state index contributed by atoms with van der Waals surface area (Å²) in [6.07, 6.45) is 0.730. The summed E-state index contributed by atoms with van der Waals surface area (Å²) >= 11 is 5.82. The molecule has 3 nitrogen and oxygen atoms in total. The molecule has 0 saturated carbocycles. The molecule has 0 aromatic heterocycles. The number of hydrogen-bond donors (Lipinski definition) is 1. The van der Waals surface area contributed by atoms with Gasteiger partial charge in [0, 0.05) is 18.8 Å². The van der Waals surface area contributed by atoms with E-state index in [9.17, 15) is 4.79 Å². The van der Waals surface area contributed by atoms with Gasteiger partial charge in [0.25, 0.3) is 0 Å². The molecule has 0 aliphatic heterocycles. The molecule has 1 atom stereocenters. The van der Waals surface area contributed by atoms with Crippen LogP contribution < -0.4 is 10.1 Å². The van der Waals surface area contributed by atoms with Gasteiger partial charge in [-0.3, -0.25) is 4.79 Å². The largest absolute Gasteiger partial charge is 0.496 e. The van der Waals surface area contributed by atoms with Crippen LogP contribution in [0, 0.1) is 6.92 Å². The Labute approximate surface area is 107 Å². The second-order valence-electron chi connectivity index (χ2n) is 4.06. The van der Waals surface area contributed by atoms with Gasteiger partial charge in [0.05, 0.1) is 7.11 Å². The molecule has 1 aromatic carbocycles. The molecule has 0 bridgehead atoms. The van der Waals surface area contributed by atoms with E-state index in [-0.39, 0.29) is 11.9 Å². The SMILES string of the molecule is COc1ccc(C[C@@H](CCl)NC(C)=O)cc1C. The molecule has 0 heterocycles. The number of hydrogen-bond acceptors (Lipinski definition) is 2. The van der Waals surface area contributed by atoms with E-state index in [1.807, 2.05) is 19.1 Å². The predicted molar refractivity (Wildman–Crippen MR) is 69.8 cm³/mol. The van der Waals surface area contributed by atoms with Crippen LogP contribution in [-0.2, 0) is 11.2 Å². The van der Waals surface area contributed by atoms with E-state index < -0.39 is 0 Å². The predicted octanol–water partition coefficient (Wildman–Crippen LogP) is 2.29. The fraction of sp³-hybridized carbons (Fsp3) is 0.462. The summed E-state index contributed by atoms with van der Waals surface area (Å²) in [5.41, 5.74) is 2.23. The highest BCUT2D eigenvalue weighted by Gasteiger charge is 2.10. The van der Waals surface area contributed by atoms with Crippen molar-refractivity contribution in [3.8, 4) is 5.75 Å². The van der Waals surface area contributed by atoms with Gasteiger partial charge >= 0.3 is 0 Å². The molecule has 0 saturated heterocycles. The molecular formula is C13H18ClNO2. The molecule has 94 valence electrons. The lowest BCUT2D eigenvalue weighted by Crippen LogP contribution is -2.36. The van der Waals surface area contributed by atoms with Crippen molar-refractivity contribution in [1.82, 2.24) is 5.32 Å². The molecule has 0 aliphatic carbocycles. The van der Waals surface area contributed by atoms with Gasteiger partial charge in [-0.05, 0) is 30.5 Å². The van der Waals surface area contributed by atoms with E-state index in [0.29, 0.717) is 5.88 Å². The molecule has 1 rings (SSSR count). The van der Waals surface area contributed by atoms with E-state index in [2.05, 4.69) is 11.4 Å². The summed E-state index contributed by atoms with van der Waals surface area (Å²) in [5.74, 6) is 1.22. The summed E-state index contributed by atoms with van der Waals surface area (Å²) < 4.78 is 5.20. The highest BCUT2D eigenvalue weighted by Crippen LogP contribution is 2.19. The first kappa shape index (κ1) is 13.8. The zero-order valence-corrected chi connectivity index (χ0v) is 11.2. The summed E-state index contributed by atoms with van der Waals surface area (Å²) in [5, 5.41) is 2.82. The maximum absolute atomic E-state index is 11.0. The van der Waals surface area contributed by atoms with Crippen molar-refractivity contribution in [2.75, 3.05) is 13.0 Å². The van der Waals surface area contributed by atoms with Crippen LogP contribution in [0.2, 0.25) is 0 Å². The number of carbonyl (C=O) groups is 1. The molecule has 0 spiro atoms. The Morgan fingerprint density at radius 2 is 2.24 bits per heavy atom. The van der Waals surface area contributed by atoms with Crippen LogP contribution in [0.15, 0.2) is 18.2 Å². The van der Waals surface area contributed by atoms with E-state index in [1.54, 1.807) is 7.11 Å². The van der Waals surface area contributed by atoms with Gasteiger partial charge in [-0.15, -0.1) is 11.6 Å². The third-order valence-electron chi connectivity index (χ3n) is 2.54. The fourth-order valence-corrected chi connectivity index (χ4v) is 1.97. The summed E-state index contributed by atoms with van der Waals surface area (Å²) in [7, 11) is 1.65. The van der Waals surface area contributed by atoms with Crippen molar-refractivity contribution < 1.29 is 9.53 Å². The van der Waals surface area contributed by atoms with Gasteiger partial charge in [0.1, 0.15) is 5.75 Å². The van der Waals surface area contributed by atoms with Gasteiger partial charge in [-0.2, -0.15) is 0 Å². The first-order valence-corrected chi connectivity index (χ1v) is 6.07. The lowest BCUT2D eigenvalue weighted by Gasteiger charge is -2.15. The number of rotatable bonds is 5. The maximum Gasteiger partial charge on any atom is 0.217 e. The number of carbonyl (C=O) groups excluding carboxylic acids is 1. The first-order chi connectivity index (χ1) is 8.06. The average molecular weight is 256 g/mol. The molecule has 17 heavy (non-hydrogen) atoms. The summed E-state index contributed by atoms with van der Waals surface area (Å²) in [4.78, 5) is 11.0. The van der Waals surface area contributed by atoms with E-state index in [0.717, 1.165) is 23.3 Å². The fourth-order valence-electron chi connectivity index (χ4n) is 1.78. The Kier molecular flexibility index (Phi) is 5.29. The number of halogens is 1. The standard InChI is InChI=1S/C13H18ClNO2/c1-9-6-11(4-5-13(9)17-3)7-12(8-14)15-10(2)16/h4-6,12H,7-8H2,1-3H3,(H,15,16)/t12-/m0/s1. The average Bonchev–Trinajstić information content (AvgIpc) is 2.27.